The maximum Gasteiger partial charge on any atom is 0.221 e. The van der Waals surface area contributed by atoms with E-state index in [1.165, 1.54) is 12.5 Å². The Balaban J connectivity index is 1.77. The summed E-state index contributed by atoms with van der Waals surface area (Å²) >= 11 is 0. The molecule has 0 amide bonds. The van der Waals surface area contributed by atoms with Crippen LogP contribution in [0, 0.1) is 0 Å². The van der Waals surface area contributed by atoms with Gasteiger partial charge in [-0.1, -0.05) is 11.3 Å². The molecule has 4 heterocycles. The predicted molar refractivity (Wildman–Crippen MR) is 70.6 cm³/mol. The monoisotopic (exact) mass is 262 g/mol. The van der Waals surface area contributed by atoms with Crippen LogP contribution in [0.25, 0.3) is 16.9 Å². The Hall–Kier alpha value is -2.84. The van der Waals surface area contributed by atoms with Gasteiger partial charge in [0.15, 0.2) is 11.3 Å². The van der Waals surface area contributed by atoms with Crippen molar-refractivity contribution in [3.63, 3.8) is 0 Å². The second-order valence-corrected chi connectivity index (χ2v) is 4.29. The van der Waals surface area contributed by atoms with E-state index in [1.807, 2.05) is 18.3 Å². The van der Waals surface area contributed by atoms with E-state index in [9.17, 15) is 0 Å². The van der Waals surface area contributed by atoms with E-state index in [2.05, 4.69) is 30.4 Å². The molecule has 9 heteroatoms. The van der Waals surface area contributed by atoms with Crippen LogP contribution in [-0.4, -0.2) is 47.4 Å². The molecule has 0 atom stereocenters. The van der Waals surface area contributed by atoms with Gasteiger partial charge in [0.25, 0.3) is 0 Å². The molecule has 0 aliphatic rings. The van der Waals surface area contributed by atoms with Gasteiger partial charge in [0.1, 0.15) is 14.2 Å². The van der Waals surface area contributed by atoms with Crippen LogP contribution in [0.4, 0.5) is 0 Å². The third kappa shape index (κ3) is 1.71. The Morgan fingerprint density at radius 2 is 2.15 bits per heavy atom. The van der Waals surface area contributed by atoms with Gasteiger partial charge in [0, 0.05) is 18.0 Å². The first kappa shape index (κ1) is 11.0. The van der Waals surface area contributed by atoms with Crippen LogP contribution < -0.4 is 5.59 Å². The highest BCUT2D eigenvalue weighted by Crippen LogP contribution is 2.08. The molecule has 4 aromatic rings. The highest BCUT2D eigenvalue weighted by molar-refractivity contribution is 6.30. The van der Waals surface area contributed by atoms with E-state index in [1.54, 1.807) is 9.20 Å². The molecule has 4 aromatic heterocycles. The maximum atomic E-state index is 5.64. The number of pyridine rings is 1. The number of nitrogens with zero attached hydrogens (tertiary/aromatic N) is 8. The molecule has 20 heavy (non-hydrogen) atoms. The zero-order chi connectivity index (χ0) is 13.5. The topological polar surface area (TPSA) is 86.7 Å². The largest absolute Gasteiger partial charge is 0.241 e. The Morgan fingerprint density at radius 3 is 3.10 bits per heavy atom. The molecular formula is C11H7BN8. The Labute approximate surface area is 113 Å². The van der Waals surface area contributed by atoms with Crippen molar-refractivity contribution in [1.82, 2.24) is 39.6 Å². The van der Waals surface area contributed by atoms with Gasteiger partial charge in [-0.3, -0.25) is 0 Å². The van der Waals surface area contributed by atoms with E-state index in [-0.39, 0.29) is 0 Å². The quantitative estimate of drug-likeness (QED) is 0.435. The number of hydrogen-bond acceptors (Lipinski definition) is 6. The van der Waals surface area contributed by atoms with E-state index in [0.717, 1.165) is 11.2 Å². The minimum atomic E-state index is 0.341. The molecule has 4 rings (SSSR count). The van der Waals surface area contributed by atoms with Gasteiger partial charge >= 0.3 is 0 Å². The Bertz CT molecular complexity index is 911. The van der Waals surface area contributed by atoms with Gasteiger partial charge in [-0.25, -0.2) is 24.1 Å². The maximum absolute atomic E-state index is 5.64. The summed E-state index contributed by atoms with van der Waals surface area (Å²) in [6.07, 6.45) is 4.86. The second-order valence-electron chi connectivity index (χ2n) is 4.29. The lowest BCUT2D eigenvalue weighted by atomic mass is 10.1. The Morgan fingerprint density at radius 1 is 1.20 bits per heavy atom. The first-order chi connectivity index (χ1) is 9.79. The summed E-state index contributed by atoms with van der Waals surface area (Å²) in [6, 6.07) is 3.85. The molecule has 0 aliphatic heterocycles. The second kappa shape index (κ2) is 4.09. The van der Waals surface area contributed by atoms with Crippen LogP contribution in [0.2, 0.25) is 0 Å². The third-order valence-corrected chi connectivity index (χ3v) is 2.91. The number of rotatable bonds is 2. The van der Waals surface area contributed by atoms with Crippen molar-refractivity contribution in [2.45, 2.75) is 6.54 Å². The molecule has 0 spiro atoms. The van der Waals surface area contributed by atoms with Crippen LogP contribution in [-0.2, 0) is 6.54 Å². The summed E-state index contributed by atoms with van der Waals surface area (Å²) in [4.78, 5) is 12.4. The van der Waals surface area contributed by atoms with Crippen molar-refractivity contribution >= 4 is 30.4 Å². The molecule has 0 unspecified atom stereocenters. The zero-order valence-corrected chi connectivity index (χ0v) is 10.2. The van der Waals surface area contributed by atoms with Crippen molar-refractivity contribution in [2.24, 2.45) is 0 Å². The van der Waals surface area contributed by atoms with Crippen LogP contribution in [0.3, 0.4) is 0 Å². The molecule has 0 bridgehead atoms. The number of fused-ring (bicyclic) bond motifs is 2. The molecule has 2 radical (unpaired) electrons. The van der Waals surface area contributed by atoms with Gasteiger partial charge in [-0.2, -0.15) is 5.10 Å². The van der Waals surface area contributed by atoms with Crippen LogP contribution in [0.5, 0.6) is 0 Å². The van der Waals surface area contributed by atoms with Gasteiger partial charge in [-0.05, 0) is 11.6 Å². The molecular weight excluding hydrogens is 255 g/mol. The molecule has 94 valence electrons. The summed E-state index contributed by atoms with van der Waals surface area (Å²) in [5, 5.41) is 12.1. The zero-order valence-electron chi connectivity index (χ0n) is 10.2. The molecule has 0 fully saturated rings. The highest BCUT2D eigenvalue weighted by Gasteiger charge is 2.08. The fourth-order valence-electron chi connectivity index (χ4n) is 2.00. The molecule has 0 aliphatic carbocycles. The normalized spacial score (nSPS) is 11.4. The predicted octanol–water partition coefficient (Wildman–Crippen LogP) is -0.894. The van der Waals surface area contributed by atoms with Crippen molar-refractivity contribution in [3.05, 3.63) is 36.4 Å². The standard InChI is InChI=1S/C11H7BN8/c12-8-3-13-10-11(16-8)20(18-17-10)5-7-1-2-9-14-6-15-19(9)4-7/h1-4,6H,5H2. The fourth-order valence-corrected chi connectivity index (χ4v) is 2.00. The summed E-state index contributed by atoms with van der Waals surface area (Å²) in [6.45, 7) is 0.504. The molecule has 0 saturated carbocycles. The van der Waals surface area contributed by atoms with Gasteiger partial charge in [-0.15, -0.1) is 5.10 Å². The van der Waals surface area contributed by atoms with Gasteiger partial charge < -0.3 is 0 Å². The van der Waals surface area contributed by atoms with Crippen molar-refractivity contribution in [3.8, 4) is 0 Å². The molecule has 0 saturated heterocycles. The minimum Gasteiger partial charge on any atom is -0.241 e. The Kier molecular flexibility index (Phi) is 2.25. The number of aromatic nitrogens is 8. The van der Waals surface area contributed by atoms with Gasteiger partial charge in [0.05, 0.1) is 6.54 Å². The fraction of sp³-hybridized carbons (Fsp3) is 0.0909. The summed E-state index contributed by atoms with van der Waals surface area (Å²) in [5.74, 6) is 0. The first-order valence-electron chi connectivity index (χ1n) is 5.89. The average Bonchev–Trinajstić information content (AvgIpc) is 3.05. The van der Waals surface area contributed by atoms with Crippen LogP contribution >= 0.6 is 0 Å². The van der Waals surface area contributed by atoms with Crippen molar-refractivity contribution in [1.29, 1.82) is 0 Å². The summed E-state index contributed by atoms with van der Waals surface area (Å²) in [7, 11) is 5.64. The molecule has 8 nitrogen and oxygen atoms in total. The smallest absolute Gasteiger partial charge is 0.221 e. The molecule has 0 aromatic carbocycles. The van der Waals surface area contributed by atoms with E-state index < -0.39 is 0 Å². The van der Waals surface area contributed by atoms with E-state index in [4.69, 9.17) is 7.85 Å². The molecule has 0 N–H and O–H groups in total. The van der Waals surface area contributed by atoms with E-state index in [0.29, 0.717) is 23.4 Å². The van der Waals surface area contributed by atoms with Crippen molar-refractivity contribution < 1.29 is 0 Å². The highest BCUT2D eigenvalue weighted by atomic mass is 15.4. The van der Waals surface area contributed by atoms with Crippen LogP contribution in [0.1, 0.15) is 5.56 Å². The lowest BCUT2D eigenvalue weighted by molar-refractivity contribution is 0.661. The average molecular weight is 262 g/mol. The number of hydrogen-bond donors (Lipinski definition) is 0. The summed E-state index contributed by atoms with van der Waals surface area (Å²) in [5.41, 5.74) is 3.16. The lowest BCUT2D eigenvalue weighted by Crippen LogP contribution is -2.12. The minimum absolute atomic E-state index is 0.341. The van der Waals surface area contributed by atoms with E-state index >= 15 is 0 Å². The SMILES string of the molecule is [B]c1cnc2nnn(Cc3ccc4ncnn4c3)c2n1. The van der Waals surface area contributed by atoms with Crippen molar-refractivity contribution in [2.75, 3.05) is 0 Å². The lowest BCUT2D eigenvalue weighted by Gasteiger charge is -2.02. The van der Waals surface area contributed by atoms with Crippen LogP contribution in [0.15, 0.2) is 30.9 Å². The summed E-state index contributed by atoms with van der Waals surface area (Å²) < 4.78 is 3.35. The third-order valence-electron chi connectivity index (χ3n) is 2.91. The van der Waals surface area contributed by atoms with Gasteiger partial charge in [0.2, 0.25) is 5.65 Å². The first-order valence-corrected chi connectivity index (χ1v) is 5.89.